The molecule has 1 unspecified atom stereocenters. The van der Waals surface area contributed by atoms with E-state index in [-0.39, 0.29) is 18.4 Å². The van der Waals surface area contributed by atoms with E-state index in [1.807, 2.05) is 0 Å². The lowest BCUT2D eigenvalue weighted by Crippen LogP contribution is -2.20. The molecule has 0 fully saturated rings. The predicted molar refractivity (Wildman–Crippen MR) is 62.0 cm³/mol. The third-order valence-corrected chi connectivity index (χ3v) is 2.70. The first-order valence-electron chi connectivity index (χ1n) is 5.56. The number of carboxylic acids is 1. The molecule has 0 spiro atoms. The van der Waals surface area contributed by atoms with Gasteiger partial charge in [-0.1, -0.05) is 19.9 Å². The molecule has 0 amide bonds. The van der Waals surface area contributed by atoms with Crippen LogP contribution in [0.15, 0.2) is 18.2 Å². The molecule has 0 saturated heterocycles. The summed E-state index contributed by atoms with van der Waals surface area (Å²) in [5.41, 5.74) is -0.386. The van der Waals surface area contributed by atoms with Crippen LogP contribution in [0.25, 0.3) is 0 Å². The number of halogens is 2. The second-order valence-electron chi connectivity index (χ2n) is 5.13. The van der Waals surface area contributed by atoms with E-state index in [0.717, 1.165) is 12.1 Å². The van der Waals surface area contributed by atoms with E-state index in [0.29, 0.717) is 0 Å². The van der Waals surface area contributed by atoms with Crippen molar-refractivity contribution in [3.05, 3.63) is 35.4 Å². The highest BCUT2D eigenvalue weighted by Crippen LogP contribution is 2.33. The van der Waals surface area contributed by atoms with E-state index in [1.54, 1.807) is 13.8 Å². The van der Waals surface area contributed by atoms with Gasteiger partial charge in [0.1, 0.15) is 0 Å². The molecule has 0 aromatic heterocycles. The molecule has 0 radical (unpaired) electrons. The monoisotopic (exact) mass is 258 g/mol. The highest BCUT2D eigenvalue weighted by Gasteiger charge is 2.26. The largest absolute Gasteiger partial charge is 0.481 e. The molecule has 18 heavy (non-hydrogen) atoms. The Labute approximate surface area is 104 Å². The van der Waals surface area contributed by atoms with Gasteiger partial charge in [0.2, 0.25) is 0 Å². The van der Waals surface area contributed by atoms with Crippen molar-refractivity contribution in [1.29, 1.82) is 0 Å². The molecule has 0 aliphatic carbocycles. The summed E-state index contributed by atoms with van der Waals surface area (Å²) >= 11 is 0. The average Bonchev–Trinajstić information content (AvgIpc) is 2.19. The lowest BCUT2D eigenvalue weighted by Gasteiger charge is -2.25. The minimum Gasteiger partial charge on any atom is -0.481 e. The zero-order valence-corrected chi connectivity index (χ0v) is 10.3. The topological polar surface area (TPSA) is 57.5 Å². The van der Waals surface area contributed by atoms with Gasteiger partial charge in [-0.2, -0.15) is 0 Å². The Bertz CT molecular complexity index is 444. The molecule has 1 aromatic carbocycles. The van der Waals surface area contributed by atoms with Crippen LogP contribution in [0.2, 0.25) is 0 Å². The summed E-state index contributed by atoms with van der Waals surface area (Å²) in [4.78, 5) is 10.6. The van der Waals surface area contributed by atoms with Gasteiger partial charge < -0.3 is 10.2 Å². The average molecular weight is 258 g/mol. The molecule has 1 rings (SSSR count). The molecule has 3 nitrogen and oxygen atoms in total. The van der Waals surface area contributed by atoms with Crippen molar-refractivity contribution in [3.63, 3.8) is 0 Å². The number of hydrogen-bond donors (Lipinski definition) is 2. The fourth-order valence-electron chi connectivity index (χ4n) is 1.84. The Hall–Kier alpha value is -1.49. The lowest BCUT2D eigenvalue weighted by molar-refractivity contribution is -0.139. The van der Waals surface area contributed by atoms with Gasteiger partial charge in [0.05, 0.1) is 12.5 Å². The van der Waals surface area contributed by atoms with Crippen LogP contribution in [0.3, 0.4) is 0 Å². The summed E-state index contributed by atoms with van der Waals surface area (Å²) < 4.78 is 25.7. The van der Waals surface area contributed by atoms with Crippen LogP contribution >= 0.6 is 0 Å². The van der Waals surface area contributed by atoms with Crippen LogP contribution in [0.1, 0.15) is 38.4 Å². The van der Waals surface area contributed by atoms with E-state index >= 15 is 0 Å². The van der Waals surface area contributed by atoms with Crippen LogP contribution in [0.4, 0.5) is 8.78 Å². The van der Waals surface area contributed by atoms with Crippen molar-refractivity contribution in [2.45, 2.75) is 32.8 Å². The number of aliphatic hydroxyl groups is 1. The third-order valence-electron chi connectivity index (χ3n) is 2.70. The molecule has 100 valence electrons. The smallest absolute Gasteiger partial charge is 0.303 e. The van der Waals surface area contributed by atoms with Crippen molar-refractivity contribution in [2.75, 3.05) is 0 Å². The Morgan fingerprint density at radius 1 is 1.33 bits per heavy atom. The molecule has 1 aromatic rings. The zero-order chi connectivity index (χ0) is 13.9. The second-order valence-corrected chi connectivity index (χ2v) is 5.13. The Morgan fingerprint density at radius 3 is 2.44 bits per heavy atom. The number of rotatable bonds is 5. The van der Waals surface area contributed by atoms with Gasteiger partial charge in [0.15, 0.2) is 11.6 Å². The van der Waals surface area contributed by atoms with E-state index in [9.17, 15) is 18.7 Å². The molecule has 1 atom stereocenters. The third kappa shape index (κ3) is 4.07. The summed E-state index contributed by atoms with van der Waals surface area (Å²) in [6.07, 6.45) is -0.965. The summed E-state index contributed by atoms with van der Waals surface area (Å²) in [5, 5.41) is 18.6. The zero-order valence-electron chi connectivity index (χ0n) is 10.3. The van der Waals surface area contributed by atoms with Gasteiger partial charge in [-0.3, -0.25) is 4.79 Å². The molecule has 0 heterocycles. The first-order valence-corrected chi connectivity index (χ1v) is 5.56. The highest BCUT2D eigenvalue weighted by molar-refractivity contribution is 5.67. The number of hydrogen-bond acceptors (Lipinski definition) is 2. The minimum atomic E-state index is -1.03. The van der Waals surface area contributed by atoms with Crippen molar-refractivity contribution in [2.24, 2.45) is 5.41 Å². The molecule has 0 saturated carbocycles. The van der Waals surface area contributed by atoms with E-state index in [2.05, 4.69) is 0 Å². The Morgan fingerprint density at radius 2 is 1.94 bits per heavy atom. The van der Waals surface area contributed by atoms with Gasteiger partial charge in [-0.25, -0.2) is 8.78 Å². The van der Waals surface area contributed by atoms with Crippen LogP contribution in [-0.4, -0.2) is 16.2 Å². The molecule has 0 bridgehead atoms. The number of aliphatic carboxylic acids is 1. The van der Waals surface area contributed by atoms with Gasteiger partial charge in [0, 0.05) is 0 Å². The van der Waals surface area contributed by atoms with Crippen molar-refractivity contribution in [1.82, 2.24) is 0 Å². The highest BCUT2D eigenvalue weighted by atomic mass is 19.2. The first kappa shape index (κ1) is 14.6. The fraction of sp³-hybridized carbons (Fsp3) is 0.462. The maximum atomic E-state index is 13.0. The number of carbonyl (C=O) groups is 1. The van der Waals surface area contributed by atoms with Crippen molar-refractivity contribution >= 4 is 5.97 Å². The number of carboxylic acid groups (broad SMARTS) is 1. The van der Waals surface area contributed by atoms with Crippen molar-refractivity contribution < 1.29 is 23.8 Å². The Kier molecular flexibility index (Phi) is 4.40. The number of aliphatic hydroxyl groups excluding tert-OH is 1. The SMILES string of the molecule is CC(C)(CC(=O)O)CC(O)c1ccc(F)c(F)c1. The summed E-state index contributed by atoms with van der Waals surface area (Å²) in [5.74, 6) is -2.96. The van der Waals surface area contributed by atoms with E-state index < -0.39 is 29.1 Å². The molecular weight excluding hydrogens is 242 g/mol. The summed E-state index contributed by atoms with van der Waals surface area (Å²) in [6, 6.07) is 3.16. The molecular formula is C13H16F2O3. The molecule has 0 aliphatic heterocycles. The maximum absolute atomic E-state index is 13.0. The van der Waals surface area contributed by atoms with Crippen LogP contribution < -0.4 is 0 Å². The lowest BCUT2D eigenvalue weighted by atomic mass is 9.82. The predicted octanol–water partition coefficient (Wildman–Crippen LogP) is 2.89. The summed E-state index contributed by atoms with van der Waals surface area (Å²) in [7, 11) is 0. The van der Waals surface area contributed by atoms with Crippen LogP contribution in [-0.2, 0) is 4.79 Å². The second kappa shape index (κ2) is 5.44. The Balaban J connectivity index is 2.78. The normalized spacial score (nSPS) is 13.4. The van der Waals surface area contributed by atoms with Crippen LogP contribution in [0, 0.1) is 17.0 Å². The van der Waals surface area contributed by atoms with Crippen molar-refractivity contribution in [3.8, 4) is 0 Å². The molecule has 5 heteroatoms. The standard InChI is InChI=1S/C13H16F2O3/c1-13(2,7-12(17)18)6-11(16)8-3-4-9(14)10(15)5-8/h3-5,11,16H,6-7H2,1-2H3,(H,17,18). The summed E-state index contributed by atoms with van der Waals surface area (Å²) in [6.45, 7) is 3.40. The van der Waals surface area contributed by atoms with E-state index in [4.69, 9.17) is 5.11 Å². The van der Waals surface area contributed by atoms with Gasteiger partial charge in [-0.15, -0.1) is 0 Å². The van der Waals surface area contributed by atoms with Gasteiger partial charge in [-0.05, 0) is 29.5 Å². The molecule has 2 N–H and O–H groups in total. The quantitative estimate of drug-likeness (QED) is 0.853. The van der Waals surface area contributed by atoms with Gasteiger partial charge in [0.25, 0.3) is 0 Å². The minimum absolute atomic E-state index is 0.103. The first-order chi connectivity index (χ1) is 8.21. The fourth-order valence-corrected chi connectivity index (χ4v) is 1.84. The number of benzene rings is 1. The maximum Gasteiger partial charge on any atom is 0.303 e. The van der Waals surface area contributed by atoms with Crippen LogP contribution in [0.5, 0.6) is 0 Å². The van der Waals surface area contributed by atoms with E-state index in [1.165, 1.54) is 6.07 Å². The molecule has 0 aliphatic rings. The van der Waals surface area contributed by atoms with Gasteiger partial charge >= 0.3 is 5.97 Å².